The number of guanidine groups is 1. The number of rotatable bonds is 46. The lowest BCUT2D eigenvalue weighted by Crippen LogP contribution is -2.60. The molecule has 22 N–H and O–H groups in total. The molecular weight excluding hydrogens is 1140 g/mol. The SMILES string of the molecule is CCCC[C@H](NC(=O)[C@H](C)NC(=O)[C@H](CCCC)NC(=O)[C@H](CCCC)NC(=O)[C@H](Cc1c[nH]c2ccccc12)NC(=O)[C@H](CCCCN)NC(=O)[C@H](CCCC)NC(=O)[C@H](CCCNC(=N)N)NC(=O)[C@@H](N)[C@@H](C)O)C(=O)N[C@@H](CCCCN)C(=O)O. The van der Waals surface area contributed by atoms with E-state index in [4.69, 9.17) is 28.3 Å². The molecule has 9 amide bonds. The number of aromatic nitrogens is 1. The number of carboxylic acid groups (broad SMARTS) is 1. The van der Waals surface area contributed by atoms with E-state index >= 15 is 0 Å². The number of aliphatic carboxylic acids is 1. The Morgan fingerprint density at radius 2 is 0.841 bits per heavy atom. The second kappa shape index (κ2) is 42.5. The topological polar surface area (TPSA) is 475 Å². The lowest BCUT2D eigenvalue weighted by Gasteiger charge is -2.28. The average molecular weight is 1240 g/mol. The molecular formula is C60H104N16O12. The molecule has 2 aromatic rings. The standard InChI is InChI=1S/C60H104N16O12/c1-7-11-23-41(51(79)68-36(5)50(78)69-42(24-12-8-2)55(83)75-47(59(87)88)29-18-20-32-62)70-53(81)44(26-14-10-4)73-57(85)48(34-38-35-67-40-27-16-15-22-39(38)40)76-56(84)45(28-17-19-31-61)72-52(80)43(25-13-9-3)71-54(82)46(30-21-33-66-60(64)65)74-58(86)49(63)37(6)77/h15-16,22,27,35-37,41-49,67,77H,7-14,17-21,23-26,28-34,61-63H2,1-6H3,(H,68,79)(H,69,78)(H,70,81)(H,71,82)(H,72,80)(H,73,85)(H,74,86)(H,75,83)(H,76,84)(H,87,88)(H4,64,65,66)/t36-,37+,41-,42-,43-,44-,45-,46-,47-,48-,49-/m0/s1. The number of benzene rings is 1. The summed E-state index contributed by atoms with van der Waals surface area (Å²) < 4.78 is 0. The number of hydrogen-bond donors (Lipinski definition) is 18. The number of hydrogen-bond acceptors (Lipinski definition) is 15. The van der Waals surface area contributed by atoms with E-state index in [-0.39, 0.29) is 76.8 Å². The molecule has 0 bridgehead atoms. The number of nitrogens with one attached hydrogen (secondary N) is 12. The first-order valence-electron chi connectivity index (χ1n) is 31.4. The number of nitrogens with two attached hydrogens (primary N) is 4. The number of aliphatic hydroxyl groups excluding tert-OH is 1. The Kier molecular flexibility index (Phi) is 37.0. The number of carboxylic acids is 1. The zero-order chi connectivity index (χ0) is 65.7. The first-order chi connectivity index (χ1) is 42.0. The second-order valence-corrected chi connectivity index (χ2v) is 22.5. The van der Waals surface area contributed by atoms with Crippen LogP contribution in [0.25, 0.3) is 10.9 Å². The van der Waals surface area contributed by atoms with Crippen molar-refractivity contribution in [3.63, 3.8) is 0 Å². The minimum absolute atomic E-state index is 0.0208. The predicted molar refractivity (Wildman–Crippen MR) is 335 cm³/mol. The lowest BCUT2D eigenvalue weighted by molar-refractivity contribution is -0.142. The number of unbranched alkanes of at least 4 members (excludes halogenated alkanes) is 6. The quantitative estimate of drug-likeness (QED) is 0.0239. The van der Waals surface area contributed by atoms with Crippen LogP contribution in [0.3, 0.4) is 0 Å². The predicted octanol–water partition coefficient (Wildman–Crippen LogP) is 0.168. The van der Waals surface area contributed by atoms with Crippen molar-refractivity contribution >= 4 is 76.0 Å². The maximum Gasteiger partial charge on any atom is 0.326 e. The van der Waals surface area contributed by atoms with Gasteiger partial charge >= 0.3 is 5.97 Å². The average Bonchev–Trinajstić information content (AvgIpc) is 3.28. The van der Waals surface area contributed by atoms with Crippen LogP contribution in [-0.2, 0) is 54.4 Å². The Bertz CT molecular complexity index is 2530. The van der Waals surface area contributed by atoms with Gasteiger partial charge in [-0.15, -0.1) is 0 Å². The van der Waals surface area contributed by atoms with Crippen molar-refractivity contribution in [2.24, 2.45) is 22.9 Å². The van der Waals surface area contributed by atoms with Crippen molar-refractivity contribution in [2.75, 3.05) is 19.6 Å². The maximum absolute atomic E-state index is 14.9. The largest absolute Gasteiger partial charge is 0.480 e. The molecule has 0 radical (unpaired) electrons. The zero-order valence-electron chi connectivity index (χ0n) is 52.5. The summed E-state index contributed by atoms with van der Waals surface area (Å²) in [5.74, 6) is -8.19. The minimum Gasteiger partial charge on any atom is -0.480 e. The smallest absolute Gasteiger partial charge is 0.326 e. The minimum atomic E-state index is -1.38. The summed E-state index contributed by atoms with van der Waals surface area (Å²) in [4.78, 5) is 142. The molecule has 0 saturated heterocycles. The van der Waals surface area contributed by atoms with Crippen molar-refractivity contribution in [1.29, 1.82) is 5.41 Å². The van der Waals surface area contributed by atoms with E-state index in [1.807, 2.05) is 52.0 Å². The van der Waals surface area contributed by atoms with Crippen molar-refractivity contribution in [3.8, 4) is 0 Å². The van der Waals surface area contributed by atoms with E-state index in [1.54, 1.807) is 6.20 Å². The summed E-state index contributed by atoms with van der Waals surface area (Å²) in [6.07, 6.45) is 7.72. The zero-order valence-corrected chi connectivity index (χ0v) is 52.5. The van der Waals surface area contributed by atoms with Crippen LogP contribution in [0, 0.1) is 5.41 Å². The number of H-pyrrole nitrogens is 1. The molecule has 0 fully saturated rings. The molecule has 28 nitrogen and oxygen atoms in total. The molecule has 1 aromatic heterocycles. The van der Waals surface area contributed by atoms with Gasteiger partial charge in [0.15, 0.2) is 5.96 Å². The van der Waals surface area contributed by atoms with Crippen molar-refractivity contribution in [1.82, 2.24) is 58.2 Å². The number of aliphatic hydroxyl groups is 1. The van der Waals surface area contributed by atoms with E-state index < -0.39 is 126 Å². The number of fused-ring (bicyclic) bond motifs is 1. The fraction of sp³-hybridized carbons (Fsp3) is 0.683. The van der Waals surface area contributed by atoms with Crippen LogP contribution in [0.5, 0.6) is 0 Å². The molecule has 0 aliphatic heterocycles. The van der Waals surface area contributed by atoms with Gasteiger partial charge in [0.05, 0.1) is 6.10 Å². The third-order valence-electron chi connectivity index (χ3n) is 15.0. The Balaban J connectivity index is 2.51. The van der Waals surface area contributed by atoms with Gasteiger partial charge in [0.2, 0.25) is 53.2 Å². The number of aromatic amines is 1. The van der Waals surface area contributed by atoms with Crippen LogP contribution in [0.1, 0.15) is 176 Å². The normalized spacial score (nSPS) is 15.0. The molecule has 0 unspecified atom stereocenters. The molecule has 1 aromatic carbocycles. The lowest BCUT2D eigenvalue weighted by atomic mass is 10.0. The molecule has 28 heteroatoms. The van der Waals surface area contributed by atoms with E-state index in [0.717, 1.165) is 10.9 Å². The monoisotopic (exact) mass is 1240 g/mol. The number of para-hydroxylation sites is 1. The van der Waals surface area contributed by atoms with Crippen molar-refractivity contribution in [3.05, 3.63) is 36.0 Å². The van der Waals surface area contributed by atoms with Crippen LogP contribution in [0.2, 0.25) is 0 Å². The molecule has 0 spiro atoms. The first-order valence-corrected chi connectivity index (χ1v) is 31.4. The Morgan fingerprint density at radius 1 is 0.489 bits per heavy atom. The first kappa shape index (κ1) is 76.7. The molecule has 0 aliphatic rings. The van der Waals surface area contributed by atoms with Crippen LogP contribution < -0.4 is 76.1 Å². The maximum atomic E-state index is 14.9. The highest BCUT2D eigenvalue weighted by molar-refractivity contribution is 5.99. The molecule has 88 heavy (non-hydrogen) atoms. The van der Waals surface area contributed by atoms with Crippen LogP contribution >= 0.6 is 0 Å². The Morgan fingerprint density at radius 3 is 1.25 bits per heavy atom. The molecule has 496 valence electrons. The van der Waals surface area contributed by atoms with E-state index in [0.29, 0.717) is 89.2 Å². The second-order valence-electron chi connectivity index (χ2n) is 22.5. The molecule has 1 heterocycles. The molecule has 11 atom stereocenters. The number of amides is 9. The third-order valence-corrected chi connectivity index (χ3v) is 15.0. The van der Waals surface area contributed by atoms with Crippen LogP contribution in [-0.4, -0.2) is 166 Å². The van der Waals surface area contributed by atoms with Crippen LogP contribution in [0.15, 0.2) is 30.5 Å². The van der Waals surface area contributed by atoms with Crippen molar-refractivity contribution in [2.45, 2.75) is 243 Å². The summed E-state index contributed by atoms with van der Waals surface area (Å²) in [7, 11) is 0. The van der Waals surface area contributed by atoms with E-state index in [9.17, 15) is 58.2 Å². The molecule has 0 saturated carbocycles. The van der Waals surface area contributed by atoms with Gasteiger partial charge in [-0.25, -0.2) is 4.79 Å². The highest BCUT2D eigenvalue weighted by atomic mass is 16.4. The summed E-state index contributed by atoms with van der Waals surface area (Å²) in [6, 6.07) is -5.11. The summed E-state index contributed by atoms with van der Waals surface area (Å²) in [6.45, 7) is 11.1. The van der Waals surface area contributed by atoms with Gasteiger partial charge in [0, 0.05) is 30.1 Å². The summed E-state index contributed by atoms with van der Waals surface area (Å²) in [5.41, 5.74) is 24.1. The van der Waals surface area contributed by atoms with Gasteiger partial charge in [-0.3, -0.25) is 48.6 Å². The van der Waals surface area contributed by atoms with Gasteiger partial charge in [-0.1, -0.05) is 97.3 Å². The third kappa shape index (κ3) is 28.2. The highest BCUT2D eigenvalue weighted by Gasteiger charge is 2.36. The van der Waals surface area contributed by atoms with Crippen LogP contribution in [0.4, 0.5) is 0 Å². The fourth-order valence-electron chi connectivity index (χ4n) is 9.54. The fourth-order valence-corrected chi connectivity index (χ4v) is 9.54. The summed E-state index contributed by atoms with van der Waals surface area (Å²) in [5, 5.41) is 55.0. The van der Waals surface area contributed by atoms with Gasteiger partial charge in [-0.05, 0) is 116 Å². The van der Waals surface area contributed by atoms with Gasteiger partial charge < -0.3 is 91.3 Å². The van der Waals surface area contributed by atoms with Crippen molar-refractivity contribution < 1.29 is 58.2 Å². The van der Waals surface area contributed by atoms with Gasteiger partial charge in [-0.2, -0.15) is 0 Å². The summed E-state index contributed by atoms with van der Waals surface area (Å²) >= 11 is 0. The molecule has 0 aliphatic carbocycles. The van der Waals surface area contributed by atoms with Gasteiger partial charge in [0.25, 0.3) is 0 Å². The van der Waals surface area contributed by atoms with Gasteiger partial charge in [0.1, 0.15) is 60.4 Å². The Labute approximate surface area is 517 Å². The number of carbonyl (C=O) groups is 10. The number of carbonyl (C=O) groups excluding carboxylic acids is 9. The molecule has 2 rings (SSSR count). The van der Waals surface area contributed by atoms with E-state index in [1.165, 1.54) is 13.8 Å². The Hall–Kier alpha value is -7.43. The highest BCUT2D eigenvalue weighted by Crippen LogP contribution is 2.20. The van der Waals surface area contributed by atoms with E-state index in [2.05, 4.69) is 58.2 Å².